The molecule has 0 atom stereocenters. The first kappa shape index (κ1) is 20.1. The number of amides is 1. The van der Waals surface area contributed by atoms with Crippen LogP contribution in [-0.4, -0.2) is 25.2 Å². The number of hydrogen-bond acceptors (Lipinski definition) is 5. The Kier molecular flexibility index (Phi) is 5.89. The van der Waals surface area contributed by atoms with Gasteiger partial charge in [0, 0.05) is 30.0 Å². The summed E-state index contributed by atoms with van der Waals surface area (Å²) in [6.45, 7) is 10.8. The quantitative estimate of drug-likeness (QED) is 0.492. The van der Waals surface area contributed by atoms with Gasteiger partial charge in [-0.25, -0.2) is 4.79 Å². The minimum Gasteiger partial charge on any atom is -0.461 e. The topological polar surface area (TPSA) is 81.7 Å². The molecule has 150 valence electrons. The number of fused-ring (bicyclic) bond motifs is 2. The predicted molar refractivity (Wildman–Crippen MR) is 109 cm³/mol. The van der Waals surface area contributed by atoms with Gasteiger partial charge in [0.15, 0.2) is 0 Å². The number of carbonyl (C=O) groups excluding carboxylic acids is 1. The standard InChI is InChI=1S/C22H27NO5/c1-12(2)26-8-6-7-23-21(24)10-18-14(4)17-9-16-13(3)15(5)27-19(16)11-20(17)28-22(18)25/h9,11-12H,6-8,10H2,1-5H3,(H,23,24). The summed E-state index contributed by atoms with van der Waals surface area (Å²) in [5, 5.41) is 4.65. The van der Waals surface area contributed by atoms with Crippen molar-refractivity contribution in [1.29, 1.82) is 0 Å². The Morgan fingerprint density at radius 3 is 2.46 bits per heavy atom. The van der Waals surface area contributed by atoms with Gasteiger partial charge < -0.3 is 18.9 Å². The lowest BCUT2D eigenvalue weighted by Crippen LogP contribution is -2.29. The molecule has 1 N–H and O–H groups in total. The summed E-state index contributed by atoms with van der Waals surface area (Å²) in [6, 6.07) is 3.72. The molecule has 0 radical (unpaired) electrons. The Labute approximate surface area is 163 Å². The normalized spacial score (nSPS) is 11.6. The van der Waals surface area contributed by atoms with Gasteiger partial charge in [-0.1, -0.05) is 0 Å². The van der Waals surface area contributed by atoms with Crippen LogP contribution in [-0.2, 0) is 16.0 Å². The molecular weight excluding hydrogens is 358 g/mol. The van der Waals surface area contributed by atoms with Crippen molar-refractivity contribution in [3.8, 4) is 0 Å². The molecule has 0 bridgehead atoms. The number of benzene rings is 1. The minimum absolute atomic E-state index is 0.00339. The molecule has 0 spiro atoms. The fraction of sp³-hybridized carbons (Fsp3) is 0.455. The van der Waals surface area contributed by atoms with Crippen LogP contribution in [0.3, 0.4) is 0 Å². The highest BCUT2D eigenvalue weighted by atomic mass is 16.5. The summed E-state index contributed by atoms with van der Waals surface area (Å²) in [7, 11) is 0. The van der Waals surface area contributed by atoms with E-state index in [2.05, 4.69) is 5.32 Å². The van der Waals surface area contributed by atoms with Crippen molar-refractivity contribution in [2.45, 2.75) is 53.6 Å². The van der Waals surface area contributed by atoms with Gasteiger partial charge in [0.1, 0.15) is 16.9 Å². The molecule has 1 amide bonds. The molecule has 28 heavy (non-hydrogen) atoms. The van der Waals surface area contributed by atoms with Crippen LogP contribution in [0, 0.1) is 20.8 Å². The van der Waals surface area contributed by atoms with E-state index in [1.54, 1.807) is 6.07 Å². The van der Waals surface area contributed by atoms with Gasteiger partial charge in [-0.15, -0.1) is 0 Å². The lowest BCUT2D eigenvalue weighted by Gasteiger charge is -2.10. The van der Waals surface area contributed by atoms with E-state index < -0.39 is 5.63 Å². The highest BCUT2D eigenvalue weighted by Gasteiger charge is 2.17. The highest BCUT2D eigenvalue weighted by molar-refractivity contribution is 5.97. The number of hydrogen-bond donors (Lipinski definition) is 1. The maximum atomic E-state index is 12.5. The third-order valence-electron chi connectivity index (χ3n) is 5.01. The fourth-order valence-electron chi connectivity index (χ4n) is 3.27. The van der Waals surface area contributed by atoms with Crippen molar-refractivity contribution in [2.24, 2.45) is 0 Å². The smallest absolute Gasteiger partial charge is 0.340 e. The second-order valence-corrected chi connectivity index (χ2v) is 7.42. The van der Waals surface area contributed by atoms with E-state index >= 15 is 0 Å². The van der Waals surface area contributed by atoms with Crippen LogP contribution < -0.4 is 10.9 Å². The van der Waals surface area contributed by atoms with Crippen molar-refractivity contribution in [3.05, 3.63) is 45.0 Å². The van der Waals surface area contributed by atoms with E-state index in [1.807, 2.05) is 40.7 Å². The van der Waals surface area contributed by atoms with Crippen molar-refractivity contribution in [2.75, 3.05) is 13.2 Å². The van der Waals surface area contributed by atoms with Crippen LogP contribution in [0.2, 0.25) is 0 Å². The van der Waals surface area contributed by atoms with Gasteiger partial charge >= 0.3 is 5.63 Å². The lowest BCUT2D eigenvalue weighted by atomic mass is 10.0. The molecule has 1 aromatic carbocycles. The Bertz CT molecular complexity index is 1070. The van der Waals surface area contributed by atoms with Gasteiger partial charge in [0.25, 0.3) is 0 Å². The van der Waals surface area contributed by atoms with E-state index in [9.17, 15) is 9.59 Å². The molecule has 6 heteroatoms. The van der Waals surface area contributed by atoms with Gasteiger partial charge in [0.2, 0.25) is 5.91 Å². The van der Waals surface area contributed by atoms with E-state index in [0.29, 0.717) is 29.9 Å². The number of carbonyl (C=O) groups is 1. The monoisotopic (exact) mass is 385 g/mol. The minimum atomic E-state index is -0.484. The molecule has 2 aromatic heterocycles. The molecule has 0 aliphatic rings. The number of furan rings is 1. The second kappa shape index (κ2) is 8.19. The van der Waals surface area contributed by atoms with Gasteiger partial charge in [0.05, 0.1) is 18.1 Å². The molecule has 3 rings (SSSR count). The van der Waals surface area contributed by atoms with Crippen LogP contribution >= 0.6 is 0 Å². The first-order valence-corrected chi connectivity index (χ1v) is 9.62. The summed E-state index contributed by atoms with van der Waals surface area (Å²) in [4.78, 5) is 24.7. The van der Waals surface area contributed by atoms with E-state index in [0.717, 1.165) is 34.1 Å². The molecular formula is C22H27NO5. The van der Waals surface area contributed by atoms with E-state index in [-0.39, 0.29) is 18.4 Å². The molecule has 0 saturated carbocycles. The molecule has 0 aliphatic carbocycles. The maximum absolute atomic E-state index is 12.5. The average molecular weight is 385 g/mol. The summed E-state index contributed by atoms with van der Waals surface area (Å²) in [5.41, 5.74) is 2.90. The van der Waals surface area contributed by atoms with Gasteiger partial charge in [-0.05, 0) is 58.2 Å². The van der Waals surface area contributed by atoms with Crippen LogP contribution in [0.5, 0.6) is 0 Å². The Hall–Kier alpha value is -2.60. The predicted octanol–water partition coefficient (Wildman–Crippen LogP) is 3.94. The maximum Gasteiger partial charge on any atom is 0.340 e. The number of aryl methyl sites for hydroxylation is 3. The Morgan fingerprint density at radius 1 is 1.07 bits per heavy atom. The zero-order chi connectivity index (χ0) is 20.4. The number of ether oxygens (including phenoxy) is 1. The first-order chi connectivity index (χ1) is 13.3. The molecule has 0 saturated heterocycles. The van der Waals surface area contributed by atoms with Crippen LogP contribution in [0.15, 0.2) is 25.8 Å². The highest BCUT2D eigenvalue weighted by Crippen LogP contribution is 2.30. The summed E-state index contributed by atoms with van der Waals surface area (Å²) < 4.78 is 16.7. The summed E-state index contributed by atoms with van der Waals surface area (Å²) >= 11 is 0. The molecule has 6 nitrogen and oxygen atoms in total. The molecule has 0 aliphatic heterocycles. The molecule has 0 fully saturated rings. The van der Waals surface area contributed by atoms with Crippen molar-refractivity contribution >= 4 is 27.8 Å². The molecule has 2 heterocycles. The van der Waals surface area contributed by atoms with Crippen LogP contribution in [0.25, 0.3) is 21.9 Å². The third-order valence-corrected chi connectivity index (χ3v) is 5.01. The van der Waals surface area contributed by atoms with Crippen LogP contribution in [0.1, 0.15) is 42.7 Å². The second-order valence-electron chi connectivity index (χ2n) is 7.42. The summed E-state index contributed by atoms with van der Waals surface area (Å²) in [5.74, 6) is 0.641. The van der Waals surface area contributed by atoms with Gasteiger partial charge in [-0.3, -0.25) is 4.79 Å². The van der Waals surface area contributed by atoms with Crippen LogP contribution in [0.4, 0.5) is 0 Å². The van der Waals surface area contributed by atoms with E-state index in [1.165, 1.54) is 0 Å². The van der Waals surface area contributed by atoms with Crippen molar-refractivity contribution < 1.29 is 18.4 Å². The van der Waals surface area contributed by atoms with Crippen molar-refractivity contribution in [1.82, 2.24) is 5.32 Å². The number of nitrogens with one attached hydrogen (secondary N) is 1. The zero-order valence-electron chi connectivity index (χ0n) is 17.1. The molecule has 0 unspecified atom stereocenters. The van der Waals surface area contributed by atoms with E-state index in [4.69, 9.17) is 13.6 Å². The van der Waals surface area contributed by atoms with Gasteiger partial charge in [-0.2, -0.15) is 0 Å². The third kappa shape index (κ3) is 4.12. The first-order valence-electron chi connectivity index (χ1n) is 9.62. The zero-order valence-corrected chi connectivity index (χ0v) is 17.1. The van der Waals surface area contributed by atoms with Crippen molar-refractivity contribution in [3.63, 3.8) is 0 Å². The average Bonchev–Trinajstić information content (AvgIpc) is 2.90. The lowest BCUT2D eigenvalue weighted by molar-refractivity contribution is -0.120. The number of rotatable bonds is 7. The Balaban J connectivity index is 1.81. The Morgan fingerprint density at radius 2 is 1.75 bits per heavy atom. The summed E-state index contributed by atoms with van der Waals surface area (Å²) in [6.07, 6.45) is 0.901. The fourth-order valence-corrected chi connectivity index (χ4v) is 3.27. The SMILES string of the molecule is Cc1oc2cc3oc(=O)c(CC(=O)NCCCOC(C)C)c(C)c3cc2c1C. The largest absolute Gasteiger partial charge is 0.461 e. The molecule has 3 aromatic rings.